The van der Waals surface area contributed by atoms with Crippen LogP contribution in [0.1, 0.15) is 12.0 Å². The summed E-state index contributed by atoms with van der Waals surface area (Å²) in [6.07, 6.45) is 2.37. The minimum absolute atomic E-state index is 0.199. The lowest BCUT2D eigenvalue weighted by Gasteiger charge is -2.15. The topological polar surface area (TPSA) is 105 Å². The number of aryl methyl sites for hydroxylation is 1. The van der Waals surface area contributed by atoms with Gasteiger partial charge in [0.25, 0.3) is 0 Å². The molecule has 30 heavy (non-hydrogen) atoms. The molecule has 0 spiro atoms. The molecule has 1 aliphatic heterocycles. The number of rotatable bonds is 2. The molecule has 1 aliphatic rings. The summed E-state index contributed by atoms with van der Waals surface area (Å²) in [5, 5.41) is 6.42. The van der Waals surface area contributed by atoms with Crippen LogP contribution in [-0.2, 0) is 10.0 Å². The van der Waals surface area contributed by atoms with Crippen molar-refractivity contribution in [2.75, 3.05) is 30.8 Å². The molecule has 1 aromatic heterocycles. The van der Waals surface area contributed by atoms with Crippen molar-refractivity contribution in [1.29, 1.82) is 0 Å². The lowest BCUT2D eigenvalue weighted by Crippen LogP contribution is -2.26. The molecule has 0 amide bonds. The third-order valence-corrected chi connectivity index (χ3v) is 6.31. The molecule has 0 radical (unpaired) electrons. The number of sulfonamides is 1. The number of nitrogens with zero attached hydrogens (tertiary/aromatic N) is 2. The lowest BCUT2D eigenvalue weighted by molar-refractivity contribution is 0.414. The van der Waals surface area contributed by atoms with Gasteiger partial charge in [0.15, 0.2) is 0 Å². The van der Waals surface area contributed by atoms with E-state index in [9.17, 15) is 8.42 Å². The van der Waals surface area contributed by atoms with E-state index >= 15 is 0 Å². The van der Waals surface area contributed by atoms with Gasteiger partial charge in [-0.15, -0.1) is 0 Å². The Morgan fingerprint density at radius 1 is 1.07 bits per heavy atom. The van der Waals surface area contributed by atoms with Crippen LogP contribution in [0.3, 0.4) is 0 Å². The number of ether oxygens (including phenoxy) is 1. The van der Waals surface area contributed by atoms with Crippen molar-refractivity contribution in [2.24, 2.45) is 0 Å². The van der Waals surface area contributed by atoms with E-state index in [0.29, 0.717) is 37.0 Å². The van der Waals surface area contributed by atoms with Crippen LogP contribution in [0.2, 0.25) is 0 Å². The molecular weight excluding hydrogens is 402 g/mol. The maximum absolute atomic E-state index is 12.5. The number of aromatic nitrogens is 2. The molecule has 0 unspecified atom stereocenters. The zero-order valence-corrected chi connectivity index (χ0v) is 17.6. The molecule has 4 bridgehead atoms. The van der Waals surface area contributed by atoms with Crippen LogP contribution in [0.25, 0.3) is 11.1 Å². The second kappa shape index (κ2) is 8.29. The van der Waals surface area contributed by atoms with E-state index in [4.69, 9.17) is 4.74 Å². The summed E-state index contributed by atoms with van der Waals surface area (Å²) in [5.74, 6) is 1.85. The van der Waals surface area contributed by atoms with Gasteiger partial charge in [-0.3, -0.25) is 0 Å². The fourth-order valence-corrected chi connectivity index (χ4v) is 4.41. The summed E-state index contributed by atoms with van der Waals surface area (Å²) in [6, 6.07) is 12.4. The lowest BCUT2D eigenvalue weighted by atomic mass is 10.0. The Morgan fingerprint density at radius 2 is 1.93 bits per heavy atom. The minimum atomic E-state index is -3.57. The van der Waals surface area contributed by atoms with Crippen molar-refractivity contribution >= 4 is 27.5 Å². The molecule has 0 atom stereocenters. The van der Waals surface area contributed by atoms with Crippen molar-refractivity contribution in [3.8, 4) is 16.9 Å². The molecule has 2 aromatic carbocycles. The first-order valence-electron chi connectivity index (χ1n) is 9.59. The Balaban J connectivity index is 1.75. The van der Waals surface area contributed by atoms with Crippen LogP contribution in [0.15, 0.2) is 53.6 Å². The molecule has 2 heterocycles. The molecule has 3 N–H and O–H groups in total. The third-order valence-electron chi connectivity index (χ3n) is 4.85. The predicted molar refractivity (Wildman–Crippen MR) is 117 cm³/mol. The van der Waals surface area contributed by atoms with E-state index < -0.39 is 10.0 Å². The van der Waals surface area contributed by atoms with Crippen molar-refractivity contribution in [2.45, 2.75) is 18.2 Å². The number of fused-ring (bicyclic) bond motifs is 4. The predicted octanol–water partition coefficient (Wildman–Crippen LogP) is 3.30. The molecule has 0 saturated heterocycles. The molecule has 4 rings (SSSR count). The fraction of sp³-hybridized carbons (Fsp3) is 0.238. The first-order valence-corrected chi connectivity index (χ1v) is 11.1. The SMILES string of the molecule is COc1ccc(-c2cnc3nc2NCCCNS(=O)(=O)c2cccc(c2)N3)c(C)c1. The molecule has 0 fully saturated rings. The highest BCUT2D eigenvalue weighted by molar-refractivity contribution is 7.89. The van der Waals surface area contributed by atoms with Gasteiger partial charge in [-0.25, -0.2) is 18.1 Å². The van der Waals surface area contributed by atoms with E-state index in [0.717, 1.165) is 22.4 Å². The summed E-state index contributed by atoms with van der Waals surface area (Å²) in [5.41, 5.74) is 3.50. The largest absolute Gasteiger partial charge is 0.497 e. The van der Waals surface area contributed by atoms with Gasteiger partial charge >= 0.3 is 0 Å². The molecule has 8 nitrogen and oxygen atoms in total. The van der Waals surface area contributed by atoms with Gasteiger partial charge in [0.2, 0.25) is 16.0 Å². The highest BCUT2D eigenvalue weighted by atomic mass is 32.2. The summed E-state index contributed by atoms with van der Waals surface area (Å²) >= 11 is 0. The summed E-state index contributed by atoms with van der Waals surface area (Å²) in [6.45, 7) is 2.89. The van der Waals surface area contributed by atoms with E-state index in [1.165, 1.54) is 0 Å². The van der Waals surface area contributed by atoms with Crippen LogP contribution in [-0.4, -0.2) is 38.6 Å². The van der Waals surface area contributed by atoms with E-state index in [-0.39, 0.29) is 4.90 Å². The molecule has 9 heteroatoms. The Labute approximate surface area is 175 Å². The quantitative estimate of drug-likeness (QED) is 0.578. The average Bonchev–Trinajstić information content (AvgIpc) is 2.74. The Hall–Kier alpha value is -3.17. The molecule has 0 aliphatic carbocycles. The van der Waals surface area contributed by atoms with Crippen LogP contribution in [0, 0.1) is 6.92 Å². The van der Waals surface area contributed by atoms with Crippen molar-refractivity contribution in [3.05, 3.63) is 54.2 Å². The van der Waals surface area contributed by atoms with Gasteiger partial charge in [-0.1, -0.05) is 12.1 Å². The maximum Gasteiger partial charge on any atom is 0.240 e. The number of hydrogen-bond donors (Lipinski definition) is 3. The van der Waals surface area contributed by atoms with Crippen molar-refractivity contribution in [3.63, 3.8) is 0 Å². The smallest absolute Gasteiger partial charge is 0.240 e. The second-order valence-electron chi connectivity index (χ2n) is 6.97. The van der Waals surface area contributed by atoms with Crippen LogP contribution >= 0.6 is 0 Å². The molecule has 3 aromatic rings. The standard InChI is InChI=1S/C21H23N5O3S/c1-14-11-16(29-2)7-8-18(14)19-13-23-21-25-15-5-3-6-17(12-15)30(27,28)24-10-4-9-22-20(19)26-21/h3,5-8,11-13,24H,4,9-10H2,1-2H3,(H2,22,23,25,26). The first kappa shape index (κ1) is 20.1. The zero-order valence-electron chi connectivity index (χ0n) is 16.8. The third kappa shape index (κ3) is 4.22. The first-order chi connectivity index (χ1) is 14.5. The summed E-state index contributed by atoms with van der Waals surface area (Å²) in [4.78, 5) is 9.30. The number of hydrogen-bond acceptors (Lipinski definition) is 7. The van der Waals surface area contributed by atoms with E-state index in [1.807, 2.05) is 25.1 Å². The van der Waals surface area contributed by atoms with Gasteiger partial charge in [-0.2, -0.15) is 4.98 Å². The van der Waals surface area contributed by atoms with Crippen molar-refractivity contribution < 1.29 is 13.2 Å². The maximum atomic E-state index is 12.5. The number of nitrogens with one attached hydrogen (secondary N) is 3. The minimum Gasteiger partial charge on any atom is -0.497 e. The normalized spacial score (nSPS) is 15.5. The Morgan fingerprint density at radius 3 is 2.73 bits per heavy atom. The van der Waals surface area contributed by atoms with E-state index in [1.54, 1.807) is 37.6 Å². The van der Waals surface area contributed by atoms with Gasteiger partial charge in [0, 0.05) is 30.5 Å². The molecular formula is C21H23N5O3S. The highest BCUT2D eigenvalue weighted by Crippen LogP contribution is 2.32. The van der Waals surface area contributed by atoms with Crippen LogP contribution in [0.4, 0.5) is 17.5 Å². The number of methoxy groups -OCH3 is 1. The Bertz CT molecular complexity index is 1180. The zero-order chi connectivity index (χ0) is 21.1. The summed E-state index contributed by atoms with van der Waals surface area (Å²) < 4.78 is 32.9. The van der Waals surface area contributed by atoms with Crippen LogP contribution in [0.5, 0.6) is 5.75 Å². The van der Waals surface area contributed by atoms with Crippen LogP contribution < -0.4 is 20.1 Å². The average molecular weight is 426 g/mol. The van der Waals surface area contributed by atoms with Gasteiger partial charge in [0.05, 0.1) is 12.0 Å². The molecule has 0 saturated carbocycles. The number of anilines is 3. The van der Waals surface area contributed by atoms with Crippen molar-refractivity contribution in [1.82, 2.24) is 14.7 Å². The number of benzene rings is 2. The Kier molecular flexibility index (Phi) is 5.56. The van der Waals surface area contributed by atoms with Gasteiger partial charge in [-0.05, 0) is 54.8 Å². The van der Waals surface area contributed by atoms with Gasteiger partial charge < -0.3 is 15.4 Å². The monoisotopic (exact) mass is 425 g/mol. The summed E-state index contributed by atoms with van der Waals surface area (Å²) in [7, 11) is -1.93. The van der Waals surface area contributed by atoms with Gasteiger partial charge in [0.1, 0.15) is 11.6 Å². The second-order valence-corrected chi connectivity index (χ2v) is 8.73. The highest BCUT2D eigenvalue weighted by Gasteiger charge is 2.16. The molecule has 156 valence electrons. The van der Waals surface area contributed by atoms with E-state index in [2.05, 4.69) is 25.3 Å². The fourth-order valence-electron chi connectivity index (χ4n) is 3.29.